The molecule has 1 N–H and O–H groups in total. The molecule has 0 aliphatic heterocycles. The first-order chi connectivity index (χ1) is 8.99. The first-order valence-corrected chi connectivity index (χ1v) is 5.99. The van der Waals surface area contributed by atoms with E-state index < -0.39 is 4.92 Å². The number of hydrogen-bond acceptors (Lipinski definition) is 5. The molecule has 0 saturated carbocycles. The van der Waals surface area contributed by atoms with Crippen molar-refractivity contribution in [2.45, 2.75) is 13.3 Å². The van der Waals surface area contributed by atoms with Gasteiger partial charge in [-0.15, -0.1) is 0 Å². The van der Waals surface area contributed by atoms with E-state index in [0.29, 0.717) is 5.82 Å². The van der Waals surface area contributed by atoms with Gasteiger partial charge in [0.2, 0.25) is 0 Å². The Morgan fingerprint density at radius 2 is 2.26 bits per heavy atom. The lowest BCUT2D eigenvalue weighted by molar-refractivity contribution is -0.384. The quantitative estimate of drug-likeness (QED) is 0.529. The maximum absolute atomic E-state index is 10.8. The first kappa shape index (κ1) is 13.3. The van der Waals surface area contributed by atoms with Gasteiger partial charge in [-0.1, -0.05) is 18.5 Å². The Morgan fingerprint density at radius 3 is 2.89 bits per heavy atom. The summed E-state index contributed by atoms with van der Waals surface area (Å²) in [6.07, 6.45) is 2.53. The molecule has 2 aromatic rings. The highest BCUT2D eigenvalue weighted by atomic mass is 35.5. The standard InChI is InChI=1S/C11H12ClN5O2/c1-3-8-9(6-16(2)15-8)13-11-5-7(17(18)19)4-10(12)14-11/h4-6H,3H2,1-2H3,(H,13,14). The second kappa shape index (κ2) is 5.23. The number of hydrogen-bond donors (Lipinski definition) is 1. The average Bonchev–Trinajstić information content (AvgIpc) is 2.68. The van der Waals surface area contributed by atoms with Crippen molar-refractivity contribution < 1.29 is 4.92 Å². The predicted molar refractivity (Wildman–Crippen MR) is 71.8 cm³/mol. The molecule has 0 radical (unpaired) electrons. The monoisotopic (exact) mass is 281 g/mol. The van der Waals surface area contributed by atoms with E-state index in [4.69, 9.17) is 11.6 Å². The lowest BCUT2D eigenvalue weighted by atomic mass is 10.3. The van der Waals surface area contributed by atoms with Crippen LogP contribution in [0.15, 0.2) is 18.3 Å². The molecule has 19 heavy (non-hydrogen) atoms. The number of anilines is 2. The van der Waals surface area contributed by atoms with Crippen LogP contribution < -0.4 is 5.32 Å². The fourth-order valence-corrected chi connectivity index (χ4v) is 1.89. The van der Waals surface area contributed by atoms with Crippen LogP contribution in [0.2, 0.25) is 5.15 Å². The van der Waals surface area contributed by atoms with Crippen molar-refractivity contribution in [1.82, 2.24) is 14.8 Å². The second-order valence-electron chi connectivity index (χ2n) is 3.93. The van der Waals surface area contributed by atoms with E-state index in [9.17, 15) is 10.1 Å². The normalized spacial score (nSPS) is 10.5. The summed E-state index contributed by atoms with van der Waals surface area (Å²) in [5.41, 5.74) is 1.51. The van der Waals surface area contributed by atoms with Crippen molar-refractivity contribution in [3.05, 3.63) is 39.3 Å². The second-order valence-corrected chi connectivity index (χ2v) is 4.32. The summed E-state index contributed by atoms with van der Waals surface area (Å²) in [4.78, 5) is 14.3. The lowest BCUT2D eigenvalue weighted by Crippen LogP contribution is -1.98. The SMILES string of the molecule is CCc1nn(C)cc1Nc1cc([N+](=O)[O-])cc(Cl)n1. The molecule has 0 spiro atoms. The van der Waals surface area contributed by atoms with Gasteiger partial charge in [-0.2, -0.15) is 5.10 Å². The van der Waals surface area contributed by atoms with Gasteiger partial charge >= 0.3 is 0 Å². The molecular weight excluding hydrogens is 270 g/mol. The summed E-state index contributed by atoms with van der Waals surface area (Å²) in [6.45, 7) is 1.97. The molecule has 7 nitrogen and oxygen atoms in total. The van der Waals surface area contributed by atoms with E-state index in [-0.39, 0.29) is 10.8 Å². The van der Waals surface area contributed by atoms with Crippen LogP contribution in [-0.4, -0.2) is 19.7 Å². The van der Waals surface area contributed by atoms with Crippen molar-refractivity contribution in [3.8, 4) is 0 Å². The Kier molecular flexibility index (Phi) is 3.66. The number of nitrogens with zero attached hydrogens (tertiary/aromatic N) is 4. The van der Waals surface area contributed by atoms with Crippen LogP contribution in [0.4, 0.5) is 17.2 Å². The van der Waals surface area contributed by atoms with Crippen LogP contribution in [0.1, 0.15) is 12.6 Å². The van der Waals surface area contributed by atoms with E-state index in [1.54, 1.807) is 17.9 Å². The third kappa shape index (κ3) is 3.00. The summed E-state index contributed by atoms with van der Waals surface area (Å²) in [5.74, 6) is 0.321. The zero-order valence-electron chi connectivity index (χ0n) is 10.4. The number of aromatic nitrogens is 3. The number of aryl methyl sites for hydroxylation is 2. The Hall–Kier alpha value is -2.15. The molecule has 100 valence electrons. The Morgan fingerprint density at radius 1 is 1.53 bits per heavy atom. The molecule has 0 aromatic carbocycles. The highest BCUT2D eigenvalue weighted by molar-refractivity contribution is 6.29. The minimum atomic E-state index is -0.511. The van der Waals surface area contributed by atoms with E-state index >= 15 is 0 Å². The topological polar surface area (TPSA) is 85.9 Å². The maximum Gasteiger partial charge on any atom is 0.276 e. The Balaban J connectivity index is 2.35. The van der Waals surface area contributed by atoms with Gasteiger partial charge in [0.05, 0.1) is 28.4 Å². The third-order valence-corrected chi connectivity index (χ3v) is 2.69. The van der Waals surface area contributed by atoms with Gasteiger partial charge in [-0.05, 0) is 6.42 Å². The van der Waals surface area contributed by atoms with Gasteiger partial charge in [-0.25, -0.2) is 4.98 Å². The predicted octanol–water partition coefficient (Wildman–Crippen LogP) is 2.68. The number of nitro groups is 1. The van der Waals surface area contributed by atoms with Gasteiger partial charge in [0, 0.05) is 13.2 Å². The highest BCUT2D eigenvalue weighted by Crippen LogP contribution is 2.24. The molecule has 0 unspecified atom stereocenters. The highest BCUT2D eigenvalue weighted by Gasteiger charge is 2.12. The Labute approximate surface area is 114 Å². The fraction of sp³-hybridized carbons (Fsp3) is 0.273. The van der Waals surface area contributed by atoms with E-state index in [2.05, 4.69) is 15.4 Å². The zero-order valence-corrected chi connectivity index (χ0v) is 11.2. The summed E-state index contributed by atoms with van der Waals surface area (Å²) in [5, 5.41) is 18.1. The smallest absolute Gasteiger partial charge is 0.276 e. The summed E-state index contributed by atoms with van der Waals surface area (Å²) >= 11 is 5.76. The number of nitrogens with one attached hydrogen (secondary N) is 1. The van der Waals surface area contributed by atoms with E-state index in [1.165, 1.54) is 12.1 Å². The molecule has 0 amide bonds. The van der Waals surface area contributed by atoms with Crippen LogP contribution in [0.25, 0.3) is 0 Å². The van der Waals surface area contributed by atoms with Crippen LogP contribution in [0.3, 0.4) is 0 Å². The van der Waals surface area contributed by atoms with Crippen molar-refractivity contribution in [2.24, 2.45) is 7.05 Å². The fourth-order valence-electron chi connectivity index (χ4n) is 1.69. The third-order valence-electron chi connectivity index (χ3n) is 2.49. The molecule has 0 saturated heterocycles. The van der Waals surface area contributed by atoms with Crippen molar-refractivity contribution in [2.75, 3.05) is 5.32 Å². The van der Waals surface area contributed by atoms with E-state index in [0.717, 1.165) is 17.8 Å². The molecule has 0 bridgehead atoms. The summed E-state index contributed by atoms with van der Waals surface area (Å²) in [6, 6.07) is 2.54. The van der Waals surface area contributed by atoms with Crippen LogP contribution in [0, 0.1) is 10.1 Å². The molecule has 0 aliphatic carbocycles. The lowest BCUT2D eigenvalue weighted by Gasteiger charge is -2.04. The summed E-state index contributed by atoms with van der Waals surface area (Å²) in [7, 11) is 1.80. The van der Waals surface area contributed by atoms with Crippen LogP contribution in [-0.2, 0) is 13.5 Å². The van der Waals surface area contributed by atoms with Gasteiger partial charge in [0.1, 0.15) is 11.0 Å². The minimum Gasteiger partial charge on any atom is -0.337 e. The minimum absolute atomic E-state index is 0.0682. The van der Waals surface area contributed by atoms with Gasteiger partial charge < -0.3 is 5.32 Å². The van der Waals surface area contributed by atoms with E-state index in [1.807, 2.05) is 6.92 Å². The largest absolute Gasteiger partial charge is 0.337 e. The number of halogens is 1. The van der Waals surface area contributed by atoms with Crippen LogP contribution in [0.5, 0.6) is 0 Å². The molecule has 8 heteroatoms. The molecule has 0 fully saturated rings. The Bertz CT molecular complexity index is 626. The average molecular weight is 282 g/mol. The number of pyridine rings is 1. The molecule has 2 aromatic heterocycles. The van der Waals surface area contributed by atoms with Gasteiger partial charge in [-0.3, -0.25) is 14.8 Å². The molecule has 2 heterocycles. The molecule has 0 aliphatic rings. The zero-order chi connectivity index (χ0) is 14.0. The van der Waals surface area contributed by atoms with Crippen LogP contribution >= 0.6 is 11.6 Å². The maximum atomic E-state index is 10.8. The molecule has 2 rings (SSSR count). The molecular formula is C11H12ClN5O2. The summed E-state index contributed by atoms with van der Waals surface area (Å²) < 4.78 is 1.67. The molecule has 0 atom stereocenters. The van der Waals surface area contributed by atoms with Crippen molar-refractivity contribution in [1.29, 1.82) is 0 Å². The first-order valence-electron chi connectivity index (χ1n) is 5.61. The van der Waals surface area contributed by atoms with Gasteiger partial charge in [0.25, 0.3) is 5.69 Å². The van der Waals surface area contributed by atoms with Crippen molar-refractivity contribution in [3.63, 3.8) is 0 Å². The number of rotatable bonds is 4. The van der Waals surface area contributed by atoms with Crippen molar-refractivity contribution >= 4 is 28.8 Å². The van der Waals surface area contributed by atoms with Gasteiger partial charge in [0.15, 0.2) is 0 Å².